The van der Waals surface area contributed by atoms with Crippen LogP contribution in [0.2, 0.25) is 0 Å². The summed E-state index contributed by atoms with van der Waals surface area (Å²) in [6.45, 7) is 3.95. The van der Waals surface area contributed by atoms with Crippen molar-refractivity contribution in [3.05, 3.63) is 111 Å². The van der Waals surface area contributed by atoms with Gasteiger partial charge in [0.1, 0.15) is 22.6 Å². The number of ketones is 2. The Labute approximate surface area is 207 Å². The second-order valence-corrected chi connectivity index (χ2v) is 9.95. The predicted molar refractivity (Wildman–Crippen MR) is 136 cm³/mol. The third-order valence-corrected chi connectivity index (χ3v) is 7.92. The summed E-state index contributed by atoms with van der Waals surface area (Å²) in [6.07, 6.45) is 0. The Balaban J connectivity index is 1.65. The lowest BCUT2D eigenvalue weighted by Crippen LogP contribution is -2.50. The van der Waals surface area contributed by atoms with Crippen LogP contribution in [-0.4, -0.2) is 35.2 Å². The smallest absolute Gasteiger partial charge is 0.350 e. The van der Waals surface area contributed by atoms with E-state index in [1.165, 1.54) is 13.0 Å². The molecule has 6 rings (SSSR count). The van der Waals surface area contributed by atoms with Crippen LogP contribution in [0.25, 0.3) is 10.8 Å². The second kappa shape index (κ2) is 7.73. The molecule has 2 heterocycles. The van der Waals surface area contributed by atoms with Crippen LogP contribution in [0.3, 0.4) is 0 Å². The molecule has 180 valence electrons. The van der Waals surface area contributed by atoms with Gasteiger partial charge in [-0.2, -0.15) is 0 Å². The van der Waals surface area contributed by atoms with Gasteiger partial charge in [-0.1, -0.05) is 66.2 Å². The average molecular weight is 480 g/mol. The summed E-state index contributed by atoms with van der Waals surface area (Å²) in [5.41, 5.74) is 0.673. The van der Waals surface area contributed by atoms with Crippen LogP contribution in [0.5, 0.6) is 5.75 Å². The van der Waals surface area contributed by atoms with Crippen molar-refractivity contribution >= 4 is 22.3 Å². The van der Waals surface area contributed by atoms with E-state index in [0.717, 1.165) is 27.5 Å². The molecule has 1 spiro atoms. The van der Waals surface area contributed by atoms with Gasteiger partial charge in [-0.05, 0) is 42.8 Å². The zero-order valence-electron chi connectivity index (χ0n) is 20.2. The minimum atomic E-state index is -1.32. The quantitative estimate of drug-likeness (QED) is 0.427. The highest BCUT2D eigenvalue weighted by Crippen LogP contribution is 2.57. The van der Waals surface area contributed by atoms with Gasteiger partial charge in [0.2, 0.25) is 0 Å². The predicted octanol–water partition coefficient (Wildman–Crippen LogP) is 4.74. The van der Waals surface area contributed by atoms with Crippen molar-refractivity contribution in [3.63, 3.8) is 0 Å². The van der Waals surface area contributed by atoms with Crippen molar-refractivity contribution in [1.29, 1.82) is 0 Å². The van der Waals surface area contributed by atoms with Crippen LogP contribution < -0.4 is 5.63 Å². The molecule has 36 heavy (non-hydrogen) atoms. The molecule has 1 aliphatic heterocycles. The van der Waals surface area contributed by atoms with E-state index < -0.39 is 40.1 Å². The number of carbonyl (C=O) groups is 2. The fourth-order valence-electron chi connectivity index (χ4n) is 6.40. The van der Waals surface area contributed by atoms with Crippen molar-refractivity contribution in [2.24, 2.45) is 5.92 Å². The Kier molecular flexibility index (Phi) is 4.82. The summed E-state index contributed by atoms with van der Waals surface area (Å²) < 4.78 is 5.22. The summed E-state index contributed by atoms with van der Waals surface area (Å²) in [4.78, 5) is 43.6. The highest BCUT2D eigenvalue weighted by atomic mass is 16.4. The van der Waals surface area contributed by atoms with Crippen molar-refractivity contribution in [2.75, 3.05) is 13.6 Å². The Bertz CT molecular complexity index is 1630. The molecule has 0 saturated carbocycles. The van der Waals surface area contributed by atoms with Crippen LogP contribution in [-0.2, 0) is 5.54 Å². The third-order valence-electron chi connectivity index (χ3n) is 7.92. The molecule has 0 bridgehead atoms. The van der Waals surface area contributed by atoms with E-state index in [2.05, 4.69) is 0 Å². The lowest BCUT2D eigenvalue weighted by molar-refractivity contribution is 0.0570. The van der Waals surface area contributed by atoms with E-state index in [4.69, 9.17) is 4.42 Å². The normalized spacial score (nSPS) is 23.1. The molecule has 1 aromatic heterocycles. The molecule has 2 aliphatic rings. The number of carbonyl (C=O) groups excluding carboxylic acids is 2. The van der Waals surface area contributed by atoms with Crippen molar-refractivity contribution in [2.45, 2.75) is 25.3 Å². The molecule has 0 radical (unpaired) electrons. The molecule has 6 heteroatoms. The summed E-state index contributed by atoms with van der Waals surface area (Å²) in [7, 11) is 1.86. The van der Waals surface area contributed by atoms with Gasteiger partial charge in [0.25, 0.3) is 0 Å². The van der Waals surface area contributed by atoms with E-state index in [1.807, 2.05) is 73.5 Å². The summed E-state index contributed by atoms with van der Waals surface area (Å²) >= 11 is 0. The first-order valence-electron chi connectivity index (χ1n) is 12.0. The van der Waals surface area contributed by atoms with Crippen molar-refractivity contribution in [3.8, 4) is 5.75 Å². The zero-order chi connectivity index (χ0) is 25.4. The number of rotatable bonds is 3. The first-order chi connectivity index (χ1) is 17.2. The molecule has 0 unspecified atom stereocenters. The molecule has 1 saturated heterocycles. The fourth-order valence-corrected chi connectivity index (χ4v) is 6.40. The first-order valence-corrected chi connectivity index (χ1v) is 12.0. The van der Waals surface area contributed by atoms with Crippen LogP contribution in [0.15, 0.2) is 75.9 Å². The molecular formula is C30H25NO5. The van der Waals surface area contributed by atoms with E-state index in [1.54, 1.807) is 6.07 Å². The maximum atomic E-state index is 14.4. The number of hydrogen-bond donors (Lipinski definition) is 1. The number of likely N-dealkylation sites (tertiary alicyclic amines) is 1. The minimum Gasteiger partial charge on any atom is -0.507 e. The van der Waals surface area contributed by atoms with Gasteiger partial charge >= 0.3 is 5.63 Å². The Morgan fingerprint density at radius 3 is 2.42 bits per heavy atom. The third kappa shape index (κ3) is 2.85. The molecule has 4 aromatic rings. The first kappa shape index (κ1) is 22.4. The Morgan fingerprint density at radius 2 is 1.72 bits per heavy atom. The van der Waals surface area contributed by atoms with Crippen LogP contribution in [0.4, 0.5) is 0 Å². The molecule has 1 N–H and O–H groups in total. The van der Waals surface area contributed by atoms with Gasteiger partial charge < -0.3 is 9.52 Å². The highest BCUT2D eigenvalue weighted by molar-refractivity contribution is 6.22. The van der Waals surface area contributed by atoms with Crippen LogP contribution >= 0.6 is 0 Å². The van der Waals surface area contributed by atoms with Gasteiger partial charge in [-0.25, -0.2) is 4.79 Å². The van der Waals surface area contributed by atoms with Gasteiger partial charge in [0, 0.05) is 24.1 Å². The standard InChI is InChI=1S/C30H25NO5/c1-16-10-12-18(13-11-16)21-15-31(3)30(26(21)27(33)25-23(32)14-17(2)36-29(25)35)22-9-5-7-19-6-4-8-20(24(19)22)28(30)34/h4-14,21,26,32H,15H2,1-3H3/t21-,26+,30-/m0/s1. The second-order valence-electron chi connectivity index (χ2n) is 9.95. The topological polar surface area (TPSA) is 87.8 Å². The number of hydrogen-bond acceptors (Lipinski definition) is 6. The number of aryl methyl sites for hydroxylation is 2. The summed E-state index contributed by atoms with van der Waals surface area (Å²) in [6, 6.07) is 20.5. The minimum absolute atomic E-state index is 0.166. The number of nitrogens with zero attached hydrogens (tertiary/aromatic N) is 1. The molecular weight excluding hydrogens is 454 g/mol. The van der Waals surface area contributed by atoms with Crippen LogP contribution in [0, 0.1) is 19.8 Å². The van der Waals surface area contributed by atoms with Gasteiger partial charge in [-0.3, -0.25) is 14.5 Å². The zero-order valence-corrected chi connectivity index (χ0v) is 20.2. The van der Waals surface area contributed by atoms with E-state index in [9.17, 15) is 19.5 Å². The lowest BCUT2D eigenvalue weighted by atomic mass is 9.69. The molecule has 0 amide bonds. The number of aromatic hydroxyl groups is 1. The molecule has 6 nitrogen and oxygen atoms in total. The molecule has 3 atom stereocenters. The van der Waals surface area contributed by atoms with E-state index >= 15 is 0 Å². The summed E-state index contributed by atoms with van der Waals surface area (Å²) in [5, 5.41) is 12.5. The Hall–Kier alpha value is -4.03. The average Bonchev–Trinajstić information content (AvgIpc) is 3.28. The van der Waals surface area contributed by atoms with Crippen molar-refractivity contribution in [1.82, 2.24) is 4.90 Å². The monoisotopic (exact) mass is 479 g/mol. The number of fused-ring (bicyclic) bond motifs is 1. The van der Waals surface area contributed by atoms with Gasteiger partial charge in [-0.15, -0.1) is 0 Å². The Morgan fingerprint density at radius 1 is 1.03 bits per heavy atom. The van der Waals surface area contributed by atoms with E-state index in [-0.39, 0.29) is 11.5 Å². The van der Waals surface area contributed by atoms with Crippen molar-refractivity contribution < 1.29 is 19.1 Å². The van der Waals surface area contributed by atoms with Gasteiger partial charge in [0.05, 0.1) is 5.92 Å². The van der Waals surface area contributed by atoms with E-state index in [0.29, 0.717) is 12.1 Å². The number of benzene rings is 3. The molecule has 3 aromatic carbocycles. The van der Waals surface area contributed by atoms with Gasteiger partial charge in [0.15, 0.2) is 11.6 Å². The largest absolute Gasteiger partial charge is 0.507 e. The fraction of sp³-hybridized carbons (Fsp3) is 0.233. The summed E-state index contributed by atoms with van der Waals surface area (Å²) in [5.74, 6) is -2.32. The number of likely N-dealkylation sites (N-methyl/N-ethyl adjacent to an activating group) is 1. The maximum absolute atomic E-state index is 14.4. The molecule has 1 fully saturated rings. The SMILES string of the molecule is Cc1ccc([C@@H]2CN(C)[C@]3(C(=O)c4cccc5cccc3c45)[C@H]2C(=O)c2c(O)cc(C)oc2=O)cc1. The highest BCUT2D eigenvalue weighted by Gasteiger charge is 2.64. The van der Waals surface area contributed by atoms with Crippen LogP contribution in [0.1, 0.15) is 49.1 Å². The lowest BCUT2D eigenvalue weighted by Gasteiger charge is -2.36. The maximum Gasteiger partial charge on any atom is 0.350 e. The number of Topliss-reactive ketones (excluding diaryl/α,β-unsaturated/α-hetero) is 2. The molecule has 1 aliphatic carbocycles.